The summed E-state index contributed by atoms with van der Waals surface area (Å²) in [7, 11) is 4.54. The number of hydrogen-bond acceptors (Lipinski definition) is 6. The standard InChI is InChI=1S/C31H36N4O5/c1-21(2)35(23-12-7-6-8-13-23)29(36)20-34-25-15-10-9-14-24(25)33-28(34)16-11-17-32-31(37)22-18-26(38-3)30(40-5)27(19-22)39-4/h6-10,12-15,18-19,21H,11,16-17,20H2,1-5H3,(H,32,37). The molecule has 3 aromatic carbocycles. The van der Waals surface area contributed by atoms with Crippen molar-refractivity contribution in [3.63, 3.8) is 0 Å². The molecule has 1 heterocycles. The van der Waals surface area contributed by atoms with Crippen molar-refractivity contribution in [2.45, 2.75) is 39.3 Å². The molecule has 0 aliphatic heterocycles. The van der Waals surface area contributed by atoms with Gasteiger partial charge in [0.1, 0.15) is 12.4 Å². The lowest BCUT2D eigenvalue weighted by Crippen LogP contribution is -2.39. The Bertz CT molecular complexity index is 1440. The zero-order valence-corrected chi connectivity index (χ0v) is 23.6. The summed E-state index contributed by atoms with van der Waals surface area (Å²) in [4.78, 5) is 33.1. The first-order valence-corrected chi connectivity index (χ1v) is 13.3. The van der Waals surface area contributed by atoms with Gasteiger partial charge in [-0.1, -0.05) is 30.3 Å². The average molecular weight is 545 g/mol. The zero-order chi connectivity index (χ0) is 28.6. The Morgan fingerprint density at radius 2 is 1.57 bits per heavy atom. The smallest absolute Gasteiger partial charge is 0.251 e. The third-order valence-corrected chi connectivity index (χ3v) is 6.64. The number of amides is 2. The predicted molar refractivity (Wildman–Crippen MR) is 156 cm³/mol. The molecule has 2 amide bonds. The number of ether oxygens (including phenoxy) is 3. The summed E-state index contributed by atoms with van der Waals surface area (Å²) < 4.78 is 18.0. The number of fused-ring (bicyclic) bond motifs is 1. The Labute approximate surface area is 234 Å². The first-order valence-electron chi connectivity index (χ1n) is 13.3. The number of aromatic nitrogens is 2. The fraction of sp³-hybridized carbons (Fsp3) is 0.323. The van der Waals surface area contributed by atoms with Crippen molar-refractivity contribution in [2.75, 3.05) is 32.8 Å². The number of para-hydroxylation sites is 3. The fourth-order valence-corrected chi connectivity index (χ4v) is 4.79. The molecule has 0 atom stereocenters. The van der Waals surface area contributed by atoms with E-state index in [2.05, 4.69) is 5.32 Å². The molecule has 0 saturated carbocycles. The number of methoxy groups -OCH3 is 3. The zero-order valence-electron chi connectivity index (χ0n) is 23.6. The van der Waals surface area contributed by atoms with Crippen LogP contribution in [0, 0.1) is 0 Å². The summed E-state index contributed by atoms with van der Waals surface area (Å²) in [6.45, 7) is 4.61. The molecule has 9 nitrogen and oxygen atoms in total. The van der Waals surface area contributed by atoms with Crippen LogP contribution in [0.5, 0.6) is 17.2 Å². The van der Waals surface area contributed by atoms with Gasteiger partial charge in [0.2, 0.25) is 11.7 Å². The van der Waals surface area contributed by atoms with Crippen molar-refractivity contribution in [2.24, 2.45) is 0 Å². The summed E-state index contributed by atoms with van der Waals surface area (Å²) in [6, 6.07) is 20.7. The summed E-state index contributed by atoms with van der Waals surface area (Å²) in [5.41, 5.74) is 3.01. The van der Waals surface area contributed by atoms with E-state index in [-0.39, 0.29) is 24.4 Å². The van der Waals surface area contributed by atoms with Gasteiger partial charge in [0.05, 0.1) is 32.4 Å². The number of benzene rings is 3. The highest BCUT2D eigenvalue weighted by Crippen LogP contribution is 2.38. The van der Waals surface area contributed by atoms with Crippen LogP contribution < -0.4 is 24.4 Å². The van der Waals surface area contributed by atoms with E-state index in [9.17, 15) is 9.59 Å². The molecule has 0 radical (unpaired) electrons. The molecule has 0 unspecified atom stereocenters. The van der Waals surface area contributed by atoms with Gasteiger partial charge in [-0.2, -0.15) is 0 Å². The highest BCUT2D eigenvalue weighted by atomic mass is 16.5. The van der Waals surface area contributed by atoms with Gasteiger partial charge < -0.3 is 29.0 Å². The molecular formula is C31H36N4O5. The number of nitrogens with zero attached hydrogens (tertiary/aromatic N) is 3. The monoisotopic (exact) mass is 544 g/mol. The lowest BCUT2D eigenvalue weighted by atomic mass is 10.1. The number of carbonyl (C=O) groups is 2. The summed E-state index contributed by atoms with van der Waals surface area (Å²) in [6.07, 6.45) is 1.23. The van der Waals surface area contributed by atoms with E-state index in [0.717, 1.165) is 22.5 Å². The van der Waals surface area contributed by atoms with Crippen molar-refractivity contribution in [3.8, 4) is 17.2 Å². The van der Waals surface area contributed by atoms with Crippen LogP contribution in [-0.2, 0) is 17.8 Å². The van der Waals surface area contributed by atoms with E-state index in [4.69, 9.17) is 19.2 Å². The quantitative estimate of drug-likeness (QED) is 0.256. The number of rotatable bonds is 12. The molecule has 0 aliphatic carbocycles. The number of aryl methyl sites for hydroxylation is 1. The first-order chi connectivity index (χ1) is 19.4. The van der Waals surface area contributed by atoms with Crippen LogP contribution >= 0.6 is 0 Å². The highest BCUT2D eigenvalue weighted by Gasteiger charge is 2.22. The molecule has 0 bridgehead atoms. The second kappa shape index (κ2) is 13.0. The van der Waals surface area contributed by atoms with Crippen molar-refractivity contribution in [1.82, 2.24) is 14.9 Å². The van der Waals surface area contributed by atoms with Crippen molar-refractivity contribution in [1.29, 1.82) is 0 Å². The van der Waals surface area contributed by atoms with E-state index in [1.807, 2.05) is 77.9 Å². The molecule has 0 fully saturated rings. The molecule has 1 N–H and O–H groups in total. The summed E-state index contributed by atoms with van der Waals surface area (Å²) in [5.74, 6) is 1.79. The molecule has 210 valence electrons. The molecule has 1 aromatic heterocycles. The van der Waals surface area contributed by atoms with Gasteiger partial charge in [-0.15, -0.1) is 0 Å². The maximum Gasteiger partial charge on any atom is 0.251 e. The normalized spacial score (nSPS) is 10.9. The second-order valence-corrected chi connectivity index (χ2v) is 9.57. The van der Waals surface area contributed by atoms with Gasteiger partial charge in [-0.3, -0.25) is 9.59 Å². The van der Waals surface area contributed by atoms with Crippen LogP contribution in [-0.4, -0.2) is 55.3 Å². The SMILES string of the molecule is COc1cc(C(=O)NCCCc2nc3ccccc3n2CC(=O)N(c2ccccc2)C(C)C)cc(OC)c1OC. The van der Waals surface area contributed by atoms with Gasteiger partial charge in [-0.05, 0) is 56.7 Å². The number of imidazole rings is 1. The first kappa shape index (κ1) is 28.5. The van der Waals surface area contributed by atoms with Crippen molar-refractivity contribution < 1.29 is 23.8 Å². The van der Waals surface area contributed by atoms with Gasteiger partial charge in [-0.25, -0.2) is 4.98 Å². The number of anilines is 1. The highest BCUT2D eigenvalue weighted by molar-refractivity contribution is 5.96. The molecular weight excluding hydrogens is 508 g/mol. The summed E-state index contributed by atoms with van der Waals surface area (Å²) in [5, 5.41) is 2.95. The minimum Gasteiger partial charge on any atom is -0.493 e. The number of carbonyl (C=O) groups excluding carboxylic acids is 2. The molecule has 4 aromatic rings. The average Bonchev–Trinajstić information content (AvgIpc) is 3.31. The van der Waals surface area contributed by atoms with Crippen LogP contribution in [0.3, 0.4) is 0 Å². The van der Waals surface area contributed by atoms with E-state index < -0.39 is 0 Å². The van der Waals surface area contributed by atoms with E-state index >= 15 is 0 Å². The molecule has 0 spiro atoms. The Balaban J connectivity index is 1.47. The van der Waals surface area contributed by atoms with Crippen molar-refractivity contribution >= 4 is 28.5 Å². The molecule has 0 saturated heterocycles. The van der Waals surface area contributed by atoms with Crippen LogP contribution in [0.2, 0.25) is 0 Å². The third kappa shape index (κ3) is 6.20. The minimum atomic E-state index is -0.252. The van der Waals surface area contributed by atoms with E-state index in [0.29, 0.717) is 42.2 Å². The topological polar surface area (TPSA) is 94.9 Å². The van der Waals surface area contributed by atoms with E-state index in [1.54, 1.807) is 12.1 Å². The Morgan fingerprint density at radius 3 is 2.20 bits per heavy atom. The largest absolute Gasteiger partial charge is 0.493 e. The van der Waals surface area contributed by atoms with Crippen LogP contribution in [0.1, 0.15) is 36.5 Å². The predicted octanol–water partition coefficient (Wildman–Crippen LogP) is 4.87. The van der Waals surface area contributed by atoms with Gasteiger partial charge in [0, 0.05) is 30.3 Å². The van der Waals surface area contributed by atoms with Gasteiger partial charge in [0.15, 0.2) is 11.5 Å². The van der Waals surface area contributed by atoms with Crippen LogP contribution in [0.15, 0.2) is 66.7 Å². The van der Waals surface area contributed by atoms with Crippen LogP contribution in [0.25, 0.3) is 11.0 Å². The van der Waals surface area contributed by atoms with Crippen LogP contribution in [0.4, 0.5) is 5.69 Å². The summed E-state index contributed by atoms with van der Waals surface area (Å²) >= 11 is 0. The Kier molecular flexibility index (Phi) is 9.27. The maximum absolute atomic E-state index is 13.6. The number of nitrogens with one attached hydrogen (secondary N) is 1. The number of hydrogen-bond donors (Lipinski definition) is 1. The Hall–Kier alpha value is -4.53. The lowest BCUT2D eigenvalue weighted by molar-refractivity contribution is -0.119. The fourth-order valence-electron chi connectivity index (χ4n) is 4.79. The van der Waals surface area contributed by atoms with Crippen molar-refractivity contribution in [3.05, 3.63) is 78.1 Å². The second-order valence-electron chi connectivity index (χ2n) is 9.57. The molecule has 40 heavy (non-hydrogen) atoms. The molecule has 0 aliphatic rings. The third-order valence-electron chi connectivity index (χ3n) is 6.64. The maximum atomic E-state index is 13.6. The van der Waals surface area contributed by atoms with Gasteiger partial charge in [0.25, 0.3) is 5.91 Å². The lowest BCUT2D eigenvalue weighted by Gasteiger charge is -2.27. The molecule has 4 rings (SSSR count). The van der Waals surface area contributed by atoms with E-state index in [1.165, 1.54) is 21.3 Å². The van der Waals surface area contributed by atoms with Gasteiger partial charge >= 0.3 is 0 Å². The minimum absolute atomic E-state index is 0.00134. The Morgan fingerprint density at radius 1 is 0.925 bits per heavy atom. The molecule has 9 heteroatoms.